The van der Waals surface area contributed by atoms with E-state index in [9.17, 15) is 9.59 Å². The van der Waals surface area contributed by atoms with Gasteiger partial charge in [0.25, 0.3) is 0 Å². The monoisotopic (exact) mass is 461 g/mol. The molecule has 0 unspecified atom stereocenters. The minimum absolute atomic E-state index is 0.546. The maximum Gasteiger partial charge on any atom is 0.321 e. The first kappa shape index (κ1) is 20.7. The molecule has 0 spiro atoms. The van der Waals surface area contributed by atoms with E-state index in [2.05, 4.69) is 25.5 Å². The summed E-state index contributed by atoms with van der Waals surface area (Å²) in [5.74, 6) is 0.668. The predicted molar refractivity (Wildman–Crippen MR) is 132 cm³/mol. The van der Waals surface area contributed by atoms with Crippen LogP contribution in [0.5, 0.6) is 0 Å². The van der Waals surface area contributed by atoms with E-state index in [1.54, 1.807) is 23.0 Å². The second kappa shape index (κ2) is 8.45. The third-order valence-electron chi connectivity index (χ3n) is 5.98. The van der Waals surface area contributed by atoms with Gasteiger partial charge in [-0.05, 0) is 58.6 Å². The summed E-state index contributed by atoms with van der Waals surface area (Å²) in [4.78, 5) is 32.8. The van der Waals surface area contributed by atoms with Crippen LogP contribution in [0.3, 0.4) is 0 Å². The second-order valence-corrected chi connectivity index (χ2v) is 8.12. The van der Waals surface area contributed by atoms with Gasteiger partial charge in [-0.2, -0.15) is 4.68 Å². The average Bonchev–Trinajstić information content (AvgIpc) is 3.38. The summed E-state index contributed by atoms with van der Waals surface area (Å²) in [5.41, 5.74) is 2.06. The number of aryl methyl sites for hydroxylation is 2. The molecule has 3 aromatic heterocycles. The van der Waals surface area contributed by atoms with Gasteiger partial charge in [0.15, 0.2) is 5.82 Å². The van der Waals surface area contributed by atoms with E-state index in [0.29, 0.717) is 41.1 Å². The van der Waals surface area contributed by atoms with Crippen LogP contribution in [-0.4, -0.2) is 34.7 Å². The number of hydrogen-bond acceptors (Lipinski definition) is 6. The molecule has 0 saturated heterocycles. The van der Waals surface area contributed by atoms with Crippen molar-refractivity contribution in [2.24, 2.45) is 0 Å². The van der Waals surface area contributed by atoms with Crippen LogP contribution in [0.4, 0.5) is 0 Å². The Balaban J connectivity index is 1.46. The number of aromatic nitrogens is 7. The van der Waals surface area contributed by atoms with E-state index < -0.39 is 11.1 Å². The summed E-state index contributed by atoms with van der Waals surface area (Å²) in [6.07, 6.45) is 3.04. The molecule has 0 aliphatic rings. The van der Waals surface area contributed by atoms with Crippen LogP contribution in [0.2, 0.25) is 0 Å². The molecule has 35 heavy (non-hydrogen) atoms. The van der Waals surface area contributed by atoms with Gasteiger partial charge in [-0.1, -0.05) is 42.5 Å². The highest BCUT2D eigenvalue weighted by Gasteiger charge is 2.14. The minimum atomic E-state index is -0.683. The summed E-state index contributed by atoms with van der Waals surface area (Å²) < 4.78 is 3.07. The molecule has 0 atom stereocenters. The minimum Gasteiger partial charge on any atom is -0.315 e. The molecule has 0 saturated carbocycles. The number of nitrogens with one attached hydrogen (secondary N) is 1. The number of nitrogens with zero attached hydrogens (tertiary/aromatic N) is 6. The van der Waals surface area contributed by atoms with Gasteiger partial charge < -0.3 is 4.98 Å². The molecular formula is C26H19N7O2. The van der Waals surface area contributed by atoms with Gasteiger partial charge in [-0.3, -0.25) is 19.1 Å². The predicted octanol–water partition coefficient (Wildman–Crippen LogP) is 2.99. The molecule has 0 aliphatic heterocycles. The Kier molecular flexibility index (Phi) is 4.99. The van der Waals surface area contributed by atoms with E-state index in [4.69, 9.17) is 0 Å². The van der Waals surface area contributed by atoms with Gasteiger partial charge >= 0.3 is 11.1 Å². The first-order valence-electron chi connectivity index (χ1n) is 11.1. The largest absolute Gasteiger partial charge is 0.321 e. The molecule has 0 amide bonds. The van der Waals surface area contributed by atoms with Gasteiger partial charge in [0.05, 0.1) is 22.4 Å². The summed E-state index contributed by atoms with van der Waals surface area (Å²) in [5, 5.41) is 14.0. The number of benzene rings is 3. The molecule has 0 bridgehead atoms. The molecule has 1 N–H and O–H groups in total. The fourth-order valence-electron chi connectivity index (χ4n) is 4.32. The normalized spacial score (nSPS) is 11.3. The van der Waals surface area contributed by atoms with E-state index in [0.717, 1.165) is 16.5 Å². The van der Waals surface area contributed by atoms with Crippen molar-refractivity contribution in [3.63, 3.8) is 0 Å². The van der Waals surface area contributed by atoms with Crippen molar-refractivity contribution in [2.45, 2.75) is 12.8 Å². The Morgan fingerprint density at radius 3 is 2.57 bits per heavy atom. The SMILES string of the molecule is O=c1[nH]c2c3ccccc3ccc2n(-c2cccc(-n3nnnc3CCc3ccccn3)c2)c1=O. The van der Waals surface area contributed by atoms with Crippen molar-refractivity contribution in [1.29, 1.82) is 0 Å². The summed E-state index contributed by atoms with van der Waals surface area (Å²) in [6.45, 7) is 0. The summed E-state index contributed by atoms with van der Waals surface area (Å²) in [7, 11) is 0. The van der Waals surface area contributed by atoms with E-state index in [-0.39, 0.29) is 0 Å². The third kappa shape index (κ3) is 3.68. The molecule has 6 aromatic rings. The van der Waals surface area contributed by atoms with E-state index >= 15 is 0 Å². The molecule has 6 rings (SSSR count). The number of fused-ring (bicyclic) bond motifs is 3. The topological polar surface area (TPSA) is 111 Å². The fourth-order valence-corrected chi connectivity index (χ4v) is 4.32. The number of tetrazole rings is 1. The molecule has 9 nitrogen and oxygen atoms in total. The van der Waals surface area contributed by atoms with Crippen molar-refractivity contribution in [3.8, 4) is 11.4 Å². The maximum atomic E-state index is 13.0. The zero-order valence-electron chi connectivity index (χ0n) is 18.5. The molecule has 3 heterocycles. The number of pyridine rings is 1. The third-order valence-corrected chi connectivity index (χ3v) is 5.98. The number of H-pyrrole nitrogens is 1. The molecule has 9 heteroatoms. The lowest BCUT2D eigenvalue weighted by atomic mass is 10.1. The fraction of sp³-hybridized carbons (Fsp3) is 0.0769. The zero-order valence-corrected chi connectivity index (χ0v) is 18.5. The average molecular weight is 461 g/mol. The van der Waals surface area contributed by atoms with Crippen molar-refractivity contribution in [3.05, 3.63) is 117 Å². The molecule has 0 aliphatic carbocycles. The van der Waals surface area contributed by atoms with Gasteiger partial charge in [-0.15, -0.1) is 5.10 Å². The van der Waals surface area contributed by atoms with E-state index in [1.165, 1.54) is 4.57 Å². The van der Waals surface area contributed by atoms with Gasteiger partial charge in [0.2, 0.25) is 0 Å². The van der Waals surface area contributed by atoms with Crippen LogP contribution < -0.4 is 11.1 Å². The van der Waals surface area contributed by atoms with Crippen LogP contribution in [0.25, 0.3) is 33.2 Å². The van der Waals surface area contributed by atoms with Crippen LogP contribution in [0.1, 0.15) is 11.5 Å². The lowest BCUT2D eigenvalue weighted by Crippen LogP contribution is -2.35. The number of rotatable bonds is 5. The highest BCUT2D eigenvalue weighted by Crippen LogP contribution is 2.24. The van der Waals surface area contributed by atoms with Crippen LogP contribution in [-0.2, 0) is 12.8 Å². The van der Waals surface area contributed by atoms with E-state index in [1.807, 2.05) is 66.7 Å². The van der Waals surface area contributed by atoms with Crippen molar-refractivity contribution in [2.75, 3.05) is 0 Å². The smallest absolute Gasteiger partial charge is 0.315 e. The Morgan fingerprint density at radius 2 is 1.69 bits per heavy atom. The van der Waals surface area contributed by atoms with Gasteiger partial charge in [-0.25, -0.2) is 0 Å². The summed E-state index contributed by atoms with van der Waals surface area (Å²) in [6, 6.07) is 24.6. The maximum absolute atomic E-state index is 13.0. The molecule has 0 fully saturated rings. The Morgan fingerprint density at radius 1 is 0.829 bits per heavy atom. The Hall–Kier alpha value is -4.92. The number of aromatic amines is 1. The lowest BCUT2D eigenvalue weighted by Gasteiger charge is -2.13. The second-order valence-electron chi connectivity index (χ2n) is 8.12. The lowest BCUT2D eigenvalue weighted by molar-refractivity contribution is 0.746. The Bertz CT molecular complexity index is 1800. The highest BCUT2D eigenvalue weighted by atomic mass is 16.2. The molecular weight excluding hydrogens is 442 g/mol. The van der Waals surface area contributed by atoms with Crippen molar-refractivity contribution in [1.82, 2.24) is 34.7 Å². The quantitative estimate of drug-likeness (QED) is 0.312. The Labute approximate surface area is 198 Å². The van der Waals surface area contributed by atoms with Crippen molar-refractivity contribution < 1.29 is 0 Å². The van der Waals surface area contributed by atoms with Crippen molar-refractivity contribution >= 4 is 21.8 Å². The van der Waals surface area contributed by atoms with Crippen LogP contribution in [0, 0.1) is 0 Å². The first-order chi connectivity index (χ1) is 17.2. The zero-order chi connectivity index (χ0) is 23.8. The number of hydrogen-bond donors (Lipinski definition) is 1. The van der Waals surface area contributed by atoms with Gasteiger partial charge in [0, 0.05) is 23.7 Å². The summed E-state index contributed by atoms with van der Waals surface area (Å²) >= 11 is 0. The van der Waals surface area contributed by atoms with Crippen LogP contribution in [0.15, 0.2) is 94.6 Å². The standard InChI is InChI=1S/C26H19N7O2/c34-25-26(35)32(22-13-11-17-6-1-2-10-21(17)24(22)28-25)19-8-5-9-20(16-19)33-23(29-30-31-33)14-12-18-7-3-4-15-27-18/h1-11,13,15-16H,12,14H2,(H,28,34). The highest BCUT2D eigenvalue weighted by molar-refractivity contribution is 6.04. The molecule has 0 radical (unpaired) electrons. The molecule has 170 valence electrons. The van der Waals surface area contributed by atoms with Gasteiger partial charge in [0.1, 0.15) is 0 Å². The molecule has 3 aromatic carbocycles. The van der Waals surface area contributed by atoms with Crippen LogP contribution >= 0.6 is 0 Å². The first-order valence-corrected chi connectivity index (χ1v) is 11.1.